The number of alkyl halides is 3. The maximum atomic E-state index is 14.5. The summed E-state index contributed by atoms with van der Waals surface area (Å²) >= 11 is 5.90. The summed E-state index contributed by atoms with van der Waals surface area (Å²) in [6.07, 6.45) is -4.29. The number of thiazole rings is 1. The third kappa shape index (κ3) is 6.15. The zero-order valence-corrected chi connectivity index (χ0v) is 21.9. The molecule has 0 radical (unpaired) electrons. The smallest absolute Gasteiger partial charge is 0.419 e. The number of pyridine rings is 1. The molecule has 2 heterocycles. The fourth-order valence-corrected chi connectivity index (χ4v) is 5.64. The van der Waals surface area contributed by atoms with Crippen molar-refractivity contribution in [3.05, 3.63) is 75.8 Å². The van der Waals surface area contributed by atoms with Crippen LogP contribution in [0.15, 0.2) is 53.7 Å². The van der Waals surface area contributed by atoms with Crippen LogP contribution >= 0.6 is 22.9 Å². The highest BCUT2D eigenvalue weighted by molar-refractivity contribution is 7.92. The number of sulfonamides is 1. The highest BCUT2D eigenvalue weighted by Crippen LogP contribution is 2.37. The number of anilines is 2. The van der Waals surface area contributed by atoms with E-state index in [1.807, 2.05) is 0 Å². The van der Waals surface area contributed by atoms with Gasteiger partial charge in [0.15, 0.2) is 21.7 Å². The maximum absolute atomic E-state index is 14.5. The average Bonchev–Trinajstić information content (AvgIpc) is 3.23. The van der Waals surface area contributed by atoms with Gasteiger partial charge in [0.25, 0.3) is 10.0 Å². The van der Waals surface area contributed by atoms with Crippen molar-refractivity contribution in [3.63, 3.8) is 0 Å². The topological polar surface area (TPSA) is 113 Å². The van der Waals surface area contributed by atoms with Crippen LogP contribution in [-0.2, 0) is 22.7 Å². The molecule has 0 saturated heterocycles. The van der Waals surface area contributed by atoms with Gasteiger partial charge < -0.3 is 15.2 Å². The molecule has 206 valence electrons. The standard InChI is InChI=1S/C23H16ClF5N4O4S2/c1-37-17-4-2-3-12(19(17)34)9-30-13-8-14(23(27,28)29)21(31-10-13)39(35,36)33-22-32-18(20(26)38-22)11-5-6-16(25)15(24)7-11/h2-8,10,30,34H,9H2,1H3,(H,32,33). The molecule has 0 unspecified atom stereocenters. The minimum atomic E-state index is -5.14. The quantitative estimate of drug-likeness (QED) is 0.202. The van der Waals surface area contributed by atoms with Gasteiger partial charge in [-0.15, -0.1) is 0 Å². The Balaban J connectivity index is 1.62. The molecule has 39 heavy (non-hydrogen) atoms. The first kappa shape index (κ1) is 28.3. The normalized spacial score (nSPS) is 11.9. The van der Waals surface area contributed by atoms with Crippen molar-refractivity contribution in [2.45, 2.75) is 17.7 Å². The van der Waals surface area contributed by atoms with Crippen molar-refractivity contribution < 1.29 is 40.2 Å². The number of para-hydroxylation sites is 1. The summed E-state index contributed by atoms with van der Waals surface area (Å²) in [4.78, 5) is 7.27. The van der Waals surface area contributed by atoms with E-state index in [0.717, 1.165) is 24.4 Å². The zero-order chi connectivity index (χ0) is 28.5. The Morgan fingerprint density at radius 2 is 1.90 bits per heavy atom. The van der Waals surface area contributed by atoms with E-state index in [1.165, 1.54) is 19.2 Å². The van der Waals surface area contributed by atoms with Crippen molar-refractivity contribution in [2.24, 2.45) is 0 Å². The third-order valence-electron chi connectivity index (χ3n) is 5.20. The molecular formula is C23H16ClF5N4O4S2. The number of phenols is 1. The number of aromatic hydroxyl groups is 1. The molecule has 2 aromatic heterocycles. The van der Waals surface area contributed by atoms with E-state index < -0.39 is 42.9 Å². The Morgan fingerprint density at radius 3 is 2.56 bits per heavy atom. The van der Waals surface area contributed by atoms with Crippen LogP contribution in [0.2, 0.25) is 5.02 Å². The number of ether oxygens (including phenoxy) is 1. The first-order chi connectivity index (χ1) is 18.3. The van der Waals surface area contributed by atoms with Gasteiger partial charge in [-0.05, 0) is 30.3 Å². The van der Waals surface area contributed by atoms with Crippen LogP contribution < -0.4 is 14.8 Å². The highest BCUT2D eigenvalue weighted by atomic mass is 35.5. The number of hydrogen-bond donors (Lipinski definition) is 3. The minimum absolute atomic E-state index is 0.0206. The third-order valence-corrected chi connectivity index (χ3v) is 7.67. The van der Waals surface area contributed by atoms with Gasteiger partial charge in [-0.3, -0.25) is 4.72 Å². The van der Waals surface area contributed by atoms with Crippen molar-refractivity contribution in [3.8, 4) is 22.8 Å². The summed E-state index contributed by atoms with van der Waals surface area (Å²) in [6, 6.07) is 8.26. The summed E-state index contributed by atoms with van der Waals surface area (Å²) in [7, 11) is -3.67. The zero-order valence-electron chi connectivity index (χ0n) is 19.5. The molecule has 0 aliphatic heterocycles. The lowest BCUT2D eigenvalue weighted by molar-refractivity contribution is -0.140. The average molecular weight is 607 g/mol. The van der Waals surface area contributed by atoms with Crippen molar-refractivity contribution in [1.29, 1.82) is 0 Å². The molecule has 0 saturated carbocycles. The summed E-state index contributed by atoms with van der Waals surface area (Å²) in [5, 5.41) is 9.52. The van der Waals surface area contributed by atoms with Gasteiger partial charge in [-0.25, -0.2) is 14.4 Å². The Bertz CT molecular complexity index is 1650. The monoisotopic (exact) mass is 606 g/mol. The van der Waals surface area contributed by atoms with Crippen LogP contribution in [0, 0.1) is 10.9 Å². The van der Waals surface area contributed by atoms with Gasteiger partial charge in [-0.1, -0.05) is 35.1 Å². The number of rotatable bonds is 8. The van der Waals surface area contributed by atoms with E-state index in [1.54, 1.807) is 10.8 Å². The van der Waals surface area contributed by atoms with Crippen LogP contribution in [0.4, 0.5) is 32.8 Å². The number of benzene rings is 2. The molecule has 8 nitrogen and oxygen atoms in total. The van der Waals surface area contributed by atoms with Crippen LogP contribution in [0.1, 0.15) is 11.1 Å². The largest absolute Gasteiger partial charge is 0.504 e. The molecule has 4 rings (SSSR count). The van der Waals surface area contributed by atoms with E-state index in [9.17, 15) is 35.5 Å². The second-order valence-electron chi connectivity index (χ2n) is 7.77. The molecule has 0 aliphatic rings. The highest BCUT2D eigenvalue weighted by Gasteiger charge is 2.39. The minimum Gasteiger partial charge on any atom is -0.504 e. The van der Waals surface area contributed by atoms with Gasteiger partial charge in [0.1, 0.15) is 11.5 Å². The number of hydrogen-bond acceptors (Lipinski definition) is 8. The lowest BCUT2D eigenvalue weighted by Gasteiger charge is -2.15. The summed E-state index contributed by atoms with van der Waals surface area (Å²) in [5.74, 6) is -0.848. The van der Waals surface area contributed by atoms with Gasteiger partial charge >= 0.3 is 6.18 Å². The first-order valence-corrected chi connectivity index (χ1v) is 13.3. The van der Waals surface area contributed by atoms with Crippen LogP contribution in [-0.4, -0.2) is 30.6 Å². The van der Waals surface area contributed by atoms with E-state index in [4.69, 9.17) is 16.3 Å². The second kappa shape index (κ2) is 10.8. The van der Waals surface area contributed by atoms with Crippen LogP contribution in [0.25, 0.3) is 11.3 Å². The number of nitrogens with one attached hydrogen (secondary N) is 2. The number of halogens is 6. The van der Waals surface area contributed by atoms with Crippen molar-refractivity contribution >= 4 is 43.8 Å². The maximum Gasteiger partial charge on any atom is 0.419 e. The van der Waals surface area contributed by atoms with E-state index in [-0.39, 0.29) is 51.3 Å². The SMILES string of the molecule is COc1cccc(CNc2cnc(S(=O)(=O)Nc3nc(-c4ccc(F)c(Cl)c4)c(F)s3)c(C(F)(F)F)c2)c1O. The Hall–Kier alpha value is -3.69. The molecule has 16 heteroatoms. The van der Waals surface area contributed by atoms with Crippen molar-refractivity contribution in [2.75, 3.05) is 17.1 Å². The van der Waals surface area contributed by atoms with E-state index >= 15 is 0 Å². The Kier molecular flexibility index (Phi) is 7.86. The molecule has 0 fully saturated rings. The predicted octanol–water partition coefficient (Wildman–Crippen LogP) is 6.28. The number of methoxy groups -OCH3 is 1. The summed E-state index contributed by atoms with van der Waals surface area (Å²) in [5.41, 5.74) is -1.86. The summed E-state index contributed by atoms with van der Waals surface area (Å²) < 4.78 is 102. The fraction of sp³-hybridized carbons (Fsp3) is 0.130. The lowest BCUT2D eigenvalue weighted by Crippen LogP contribution is -2.21. The van der Waals surface area contributed by atoms with Gasteiger partial charge in [0.2, 0.25) is 5.13 Å². The Morgan fingerprint density at radius 1 is 1.15 bits per heavy atom. The molecule has 0 aliphatic carbocycles. The molecular weight excluding hydrogens is 591 g/mol. The fourth-order valence-electron chi connectivity index (χ4n) is 3.37. The lowest BCUT2D eigenvalue weighted by atomic mass is 10.1. The second-order valence-corrected chi connectivity index (χ2v) is 10.7. The molecule has 2 aromatic carbocycles. The summed E-state index contributed by atoms with van der Waals surface area (Å²) in [6.45, 7) is -0.138. The first-order valence-electron chi connectivity index (χ1n) is 10.6. The van der Waals surface area contributed by atoms with Gasteiger partial charge in [0, 0.05) is 17.7 Å². The van der Waals surface area contributed by atoms with E-state index in [2.05, 4.69) is 15.3 Å². The van der Waals surface area contributed by atoms with Gasteiger partial charge in [0.05, 0.1) is 29.6 Å². The molecule has 0 atom stereocenters. The molecule has 0 spiro atoms. The van der Waals surface area contributed by atoms with E-state index in [0.29, 0.717) is 11.6 Å². The van der Waals surface area contributed by atoms with Gasteiger partial charge in [-0.2, -0.15) is 26.0 Å². The number of phenolic OH excluding ortho intramolecular Hbond substituents is 1. The van der Waals surface area contributed by atoms with Crippen molar-refractivity contribution in [1.82, 2.24) is 9.97 Å². The van der Waals surface area contributed by atoms with Crippen LogP contribution in [0.5, 0.6) is 11.5 Å². The number of nitrogens with zero attached hydrogens (tertiary/aromatic N) is 2. The molecule has 4 aromatic rings. The molecule has 0 bridgehead atoms. The Labute approximate surface area is 227 Å². The number of aromatic nitrogens is 2. The van der Waals surface area contributed by atoms with Crippen LogP contribution in [0.3, 0.4) is 0 Å². The molecule has 0 amide bonds. The predicted molar refractivity (Wildman–Crippen MR) is 135 cm³/mol. The molecule has 3 N–H and O–H groups in total.